The van der Waals surface area contributed by atoms with Crippen molar-refractivity contribution >= 4 is 23.2 Å². The van der Waals surface area contributed by atoms with Gasteiger partial charge in [0.15, 0.2) is 11.5 Å². The second kappa shape index (κ2) is 6.56. The second-order valence-electron chi connectivity index (χ2n) is 7.17. The maximum absolute atomic E-state index is 12.7. The molecule has 2 heterocycles. The standard InChI is InChI=1S/C21H20ClN3O3/c1-12-19(22)13(2)25(24-12)16-7-5-6-14(10-16)20(26)23-15-8-9-17-18(11-15)28-21(3,4)27-17/h5-11H,1-4H3,(H,23,26). The minimum atomic E-state index is -0.708. The quantitative estimate of drug-likeness (QED) is 0.682. The van der Waals surface area contributed by atoms with Crippen molar-refractivity contribution < 1.29 is 14.3 Å². The molecule has 144 valence electrons. The van der Waals surface area contributed by atoms with Crippen molar-refractivity contribution in [2.45, 2.75) is 33.5 Å². The van der Waals surface area contributed by atoms with Crippen LogP contribution in [0.15, 0.2) is 42.5 Å². The number of carbonyl (C=O) groups is 1. The van der Waals surface area contributed by atoms with E-state index in [1.54, 1.807) is 35.0 Å². The molecule has 1 aliphatic rings. The largest absolute Gasteiger partial charge is 0.449 e. The first-order valence-corrected chi connectivity index (χ1v) is 9.27. The monoisotopic (exact) mass is 397 g/mol. The van der Waals surface area contributed by atoms with Crippen LogP contribution in [0, 0.1) is 13.8 Å². The lowest BCUT2D eigenvalue weighted by Crippen LogP contribution is -2.29. The summed E-state index contributed by atoms with van der Waals surface area (Å²) in [6.45, 7) is 7.41. The maximum atomic E-state index is 12.7. The highest BCUT2D eigenvalue weighted by atomic mass is 35.5. The molecular formula is C21H20ClN3O3. The highest BCUT2D eigenvalue weighted by Crippen LogP contribution is 2.40. The van der Waals surface area contributed by atoms with Crippen molar-refractivity contribution in [3.8, 4) is 17.2 Å². The first-order chi connectivity index (χ1) is 13.2. The van der Waals surface area contributed by atoms with Gasteiger partial charge in [0.1, 0.15) is 0 Å². The molecule has 1 N–H and O–H groups in total. The molecule has 0 bridgehead atoms. The highest BCUT2D eigenvalue weighted by Gasteiger charge is 2.31. The lowest BCUT2D eigenvalue weighted by atomic mass is 10.1. The normalized spacial score (nSPS) is 14.2. The van der Waals surface area contributed by atoms with E-state index in [1.807, 2.05) is 39.8 Å². The number of rotatable bonds is 3. The van der Waals surface area contributed by atoms with Crippen LogP contribution >= 0.6 is 11.6 Å². The Morgan fingerprint density at radius 3 is 2.57 bits per heavy atom. The van der Waals surface area contributed by atoms with Crippen molar-refractivity contribution in [1.29, 1.82) is 0 Å². The Hall–Kier alpha value is -2.99. The lowest BCUT2D eigenvalue weighted by Gasteiger charge is -2.16. The van der Waals surface area contributed by atoms with Gasteiger partial charge in [-0.25, -0.2) is 4.68 Å². The fourth-order valence-corrected chi connectivity index (χ4v) is 3.28. The number of fused-ring (bicyclic) bond motifs is 1. The number of aromatic nitrogens is 2. The van der Waals surface area contributed by atoms with Crippen molar-refractivity contribution in [1.82, 2.24) is 9.78 Å². The van der Waals surface area contributed by atoms with E-state index >= 15 is 0 Å². The Balaban J connectivity index is 1.57. The number of anilines is 1. The number of benzene rings is 2. The Kier molecular flexibility index (Phi) is 4.31. The Bertz CT molecular complexity index is 1090. The summed E-state index contributed by atoms with van der Waals surface area (Å²) in [5.41, 5.74) is 3.49. The SMILES string of the molecule is Cc1nn(-c2cccc(C(=O)Nc3ccc4c(c3)OC(C)(C)O4)c2)c(C)c1Cl. The molecule has 6 nitrogen and oxygen atoms in total. The van der Waals surface area contributed by atoms with E-state index in [1.165, 1.54) is 0 Å². The molecule has 1 aromatic heterocycles. The van der Waals surface area contributed by atoms with Gasteiger partial charge in [0, 0.05) is 31.2 Å². The van der Waals surface area contributed by atoms with E-state index in [4.69, 9.17) is 21.1 Å². The summed E-state index contributed by atoms with van der Waals surface area (Å²) >= 11 is 6.24. The van der Waals surface area contributed by atoms with E-state index in [0.29, 0.717) is 27.8 Å². The van der Waals surface area contributed by atoms with Gasteiger partial charge in [-0.3, -0.25) is 4.79 Å². The summed E-state index contributed by atoms with van der Waals surface area (Å²) in [5.74, 6) is 0.327. The van der Waals surface area contributed by atoms with Crippen LogP contribution in [-0.4, -0.2) is 21.5 Å². The van der Waals surface area contributed by atoms with Gasteiger partial charge < -0.3 is 14.8 Å². The van der Waals surface area contributed by atoms with Gasteiger partial charge in [-0.15, -0.1) is 0 Å². The van der Waals surface area contributed by atoms with Crippen LogP contribution in [0.1, 0.15) is 35.6 Å². The smallest absolute Gasteiger partial charge is 0.255 e. The molecule has 0 saturated carbocycles. The summed E-state index contributed by atoms with van der Waals surface area (Å²) in [6, 6.07) is 12.6. The van der Waals surface area contributed by atoms with Crippen LogP contribution in [0.4, 0.5) is 5.69 Å². The molecule has 0 saturated heterocycles. The molecule has 7 heteroatoms. The number of nitrogens with one attached hydrogen (secondary N) is 1. The Morgan fingerprint density at radius 2 is 1.86 bits per heavy atom. The molecule has 28 heavy (non-hydrogen) atoms. The molecule has 4 rings (SSSR count). The number of hydrogen-bond donors (Lipinski definition) is 1. The molecule has 0 unspecified atom stereocenters. The topological polar surface area (TPSA) is 65.4 Å². The van der Waals surface area contributed by atoms with Crippen LogP contribution in [0.5, 0.6) is 11.5 Å². The van der Waals surface area contributed by atoms with Crippen LogP contribution in [0.25, 0.3) is 5.69 Å². The van der Waals surface area contributed by atoms with E-state index in [0.717, 1.165) is 17.1 Å². The molecule has 1 aliphatic heterocycles. The summed E-state index contributed by atoms with van der Waals surface area (Å²) in [7, 11) is 0. The zero-order chi connectivity index (χ0) is 20.1. The molecule has 0 spiro atoms. The van der Waals surface area contributed by atoms with Crippen LogP contribution in [0.3, 0.4) is 0 Å². The number of halogens is 1. The summed E-state index contributed by atoms with van der Waals surface area (Å²) in [5, 5.41) is 7.96. The Morgan fingerprint density at radius 1 is 1.11 bits per heavy atom. The van der Waals surface area contributed by atoms with Gasteiger partial charge in [0.05, 0.1) is 22.1 Å². The lowest BCUT2D eigenvalue weighted by molar-refractivity contribution is -0.0431. The molecule has 3 aromatic rings. The predicted octanol–water partition coefficient (Wildman–Crippen LogP) is 4.90. The van der Waals surface area contributed by atoms with Gasteiger partial charge in [0.2, 0.25) is 5.79 Å². The average Bonchev–Trinajstić information content (AvgIpc) is 3.10. The van der Waals surface area contributed by atoms with Crippen molar-refractivity contribution in [3.05, 3.63) is 64.4 Å². The number of nitrogens with zero attached hydrogens (tertiary/aromatic N) is 2. The molecule has 0 fully saturated rings. The van der Waals surface area contributed by atoms with Crippen LogP contribution in [0.2, 0.25) is 5.02 Å². The molecule has 1 amide bonds. The van der Waals surface area contributed by atoms with E-state index in [-0.39, 0.29) is 5.91 Å². The van der Waals surface area contributed by atoms with Gasteiger partial charge in [0.25, 0.3) is 5.91 Å². The predicted molar refractivity (Wildman–Crippen MR) is 108 cm³/mol. The number of amides is 1. The summed E-state index contributed by atoms with van der Waals surface area (Å²) in [6.07, 6.45) is 0. The van der Waals surface area contributed by atoms with Gasteiger partial charge >= 0.3 is 0 Å². The van der Waals surface area contributed by atoms with Crippen molar-refractivity contribution in [2.75, 3.05) is 5.32 Å². The van der Waals surface area contributed by atoms with Gasteiger partial charge in [-0.05, 0) is 44.2 Å². The number of carbonyl (C=O) groups excluding carboxylic acids is 1. The van der Waals surface area contributed by atoms with E-state index in [2.05, 4.69) is 10.4 Å². The third-order valence-corrected chi connectivity index (χ3v) is 5.02. The average molecular weight is 398 g/mol. The highest BCUT2D eigenvalue weighted by molar-refractivity contribution is 6.31. The molecule has 0 radical (unpaired) electrons. The van der Waals surface area contributed by atoms with Crippen LogP contribution < -0.4 is 14.8 Å². The zero-order valence-electron chi connectivity index (χ0n) is 16.0. The fourth-order valence-electron chi connectivity index (χ4n) is 3.16. The number of hydrogen-bond acceptors (Lipinski definition) is 4. The molecule has 0 aliphatic carbocycles. The van der Waals surface area contributed by atoms with E-state index < -0.39 is 5.79 Å². The molecule has 2 aromatic carbocycles. The fraction of sp³-hybridized carbons (Fsp3) is 0.238. The van der Waals surface area contributed by atoms with Crippen molar-refractivity contribution in [2.24, 2.45) is 0 Å². The summed E-state index contributed by atoms with van der Waals surface area (Å²) < 4.78 is 13.1. The molecular weight excluding hydrogens is 378 g/mol. The zero-order valence-corrected chi connectivity index (χ0v) is 16.8. The van der Waals surface area contributed by atoms with Gasteiger partial charge in [-0.1, -0.05) is 17.7 Å². The first kappa shape index (κ1) is 18.4. The molecule has 0 atom stereocenters. The van der Waals surface area contributed by atoms with Crippen molar-refractivity contribution in [3.63, 3.8) is 0 Å². The third kappa shape index (κ3) is 3.31. The second-order valence-corrected chi connectivity index (χ2v) is 7.54. The minimum Gasteiger partial charge on any atom is -0.449 e. The third-order valence-electron chi connectivity index (χ3n) is 4.47. The van der Waals surface area contributed by atoms with E-state index in [9.17, 15) is 4.79 Å². The number of aryl methyl sites for hydroxylation is 1. The minimum absolute atomic E-state index is 0.229. The van der Waals surface area contributed by atoms with Crippen LogP contribution in [-0.2, 0) is 0 Å². The Labute approximate surface area is 168 Å². The first-order valence-electron chi connectivity index (χ1n) is 8.89. The van der Waals surface area contributed by atoms with Gasteiger partial charge in [-0.2, -0.15) is 5.10 Å². The number of ether oxygens (including phenoxy) is 2. The maximum Gasteiger partial charge on any atom is 0.255 e. The summed E-state index contributed by atoms with van der Waals surface area (Å²) in [4.78, 5) is 12.7.